The van der Waals surface area contributed by atoms with E-state index in [0.717, 1.165) is 30.3 Å². The maximum Gasteiger partial charge on any atom is 0.417 e. The number of nitrogens with zero attached hydrogens (tertiary/aromatic N) is 1. The predicted molar refractivity (Wildman–Crippen MR) is 133 cm³/mol. The van der Waals surface area contributed by atoms with Crippen LogP contribution in [0.5, 0.6) is 0 Å². The highest BCUT2D eigenvalue weighted by molar-refractivity contribution is 7.92. The molecule has 0 aromatic heterocycles. The van der Waals surface area contributed by atoms with Crippen LogP contribution in [0, 0.1) is 17.1 Å². The van der Waals surface area contributed by atoms with Crippen molar-refractivity contribution < 1.29 is 39.2 Å². The minimum absolute atomic E-state index is 0.219. The van der Waals surface area contributed by atoms with Gasteiger partial charge in [-0.3, -0.25) is 4.79 Å². The molecule has 0 aliphatic rings. The zero-order valence-corrected chi connectivity index (χ0v) is 21.7. The Morgan fingerprint density at radius 2 is 1.59 bits per heavy atom. The number of carbonyl (C=O) groups is 1. The van der Waals surface area contributed by atoms with Gasteiger partial charge in [0.1, 0.15) is 16.6 Å². The number of sulfonamides is 1. The van der Waals surface area contributed by atoms with Gasteiger partial charge in [-0.05, 0) is 47.5 Å². The molecule has 0 fully saturated rings. The number of nitrogens with one attached hydrogen (secondary N) is 1. The molecule has 1 amide bonds. The summed E-state index contributed by atoms with van der Waals surface area (Å²) in [5, 5.41) is 6.81. The molecule has 39 heavy (non-hydrogen) atoms. The van der Waals surface area contributed by atoms with Crippen molar-refractivity contribution in [3.63, 3.8) is 0 Å². The monoisotopic (exact) mass is 583 g/mol. The SMILES string of the molecule is CS(=O)(=O)NC(Cc1ccccc1)(C(N)=O)[C@@H](c1ccc(C#N)c(C(F)(F)F)c1)S(=O)(=O)c1ccc(F)cc1. The van der Waals surface area contributed by atoms with Crippen LogP contribution >= 0.6 is 0 Å². The number of benzene rings is 3. The standard InChI is InChI=1S/C25H21F4N3O5S2/c1-38(34,35)32-24(23(31)33,14-16-5-3-2-4-6-16)22(39(36,37)20-11-9-19(26)10-12-20)17-7-8-18(15-30)21(13-17)25(27,28)29/h2-13,22,32H,14H2,1H3,(H2,31,33)/t22-,24?/m1/s1. The Labute approximate surface area is 222 Å². The zero-order valence-electron chi connectivity index (χ0n) is 20.1. The summed E-state index contributed by atoms with van der Waals surface area (Å²) in [6, 6.07) is 14.0. The minimum atomic E-state index is -5.12. The van der Waals surface area contributed by atoms with Crippen molar-refractivity contribution in [2.75, 3.05) is 6.26 Å². The molecule has 3 aromatic rings. The average molecular weight is 584 g/mol. The largest absolute Gasteiger partial charge is 0.417 e. The van der Waals surface area contributed by atoms with Crippen LogP contribution in [0.2, 0.25) is 0 Å². The number of hydrogen-bond acceptors (Lipinski definition) is 6. The van der Waals surface area contributed by atoms with E-state index in [0.29, 0.717) is 18.4 Å². The molecule has 3 N–H and O–H groups in total. The molecule has 0 spiro atoms. The summed E-state index contributed by atoms with van der Waals surface area (Å²) in [6.45, 7) is 0. The molecule has 14 heteroatoms. The number of hydrogen-bond donors (Lipinski definition) is 2. The smallest absolute Gasteiger partial charge is 0.368 e. The van der Waals surface area contributed by atoms with Gasteiger partial charge < -0.3 is 5.73 Å². The fourth-order valence-corrected chi connectivity index (χ4v) is 7.35. The van der Waals surface area contributed by atoms with Crippen LogP contribution < -0.4 is 10.5 Å². The number of amides is 1. The maximum absolute atomic E-state index is 14.1. The normalized spacial score (nSPS) is 14.7. The fourth-order valence-electron chi connectivity index (χ4n) is 4.24. The Morgan fingerprint density at radius 1 is 1.00 bits per heavy atom. The second-order valence-electron chi connectivity index (χ2n) is 8.67. The van der Waals surface area contributed by atoms with Gasteiger partial charge in [0.15, 0.2) is 9.84 Å². The van der Waals surface area contributed by atoms with E-state index in [-0.39, 0.29) is 5.56 Å². The molecule has 0 radical (unpaired) electrons. The van der Waals surface area contributed by atoms with Crippen LogP contribution in [-0.4, -0.2) is 34.5 Å². The topological polar surface area (TPSA) is 147 Å². The third-order valence-electron chi connectivity index (χ3n) is 5.81. The number of carbonyl (C=O) groups excluding carboxylic acids is 1. The molecule has 206 valence electrons. The van der Waals surface area contributed by atoms with Gasteiger partial charge >= 0.3 is 6.18 Å². The van der Waals surface area contributed by atoms with Crippen molar-refractivity contribution in [3.05, 3.63) is 101 Å². The van der Waals surface area contributed by atoms with Crippen LogP contribution in [-0.2, 0) is 37.3 Å². The van der Waals surface area contributed by atoms with Crippen LogP contribution in [0.15, 0.2) is 77.7 Å². The summed E-state index contributed by atoms with van der Waals surface area (Å²) >= 11 is 0. The predicted octanol–water partition coefficient (Wildman–Crippen LogP) is 3.25. The Balaban J connectivity index is 2.49. The lowest BCUT2D eigenvalue weighted by atomic mass is 9.83. The Morgan fingerprint density at radius 3 is 2.08 bits per heavy atom. The quantitative estimate of drug-likeness (QED) is 0.292. The lowest BCUT2D eigenvalue weighted by Crippen LogP contribution is -2.63. The molecule has 1 unspecified atom stereocenters. The van der Waals surface area contributed by atoms with Gasteiger partial charge in [-0.1, -0.05) is 36.4 Å². The summed E-state index contributed by atoms with van der Waals surface area (Å²) < 4.78 is 110. The number of rotatable bonds is 9. The number of alkyl halides is 3. The molecule has 3 aromatic carbocycles. The summed E-state index contributed by atoms with van der Waals surface area (Å²) in [5.41, 5.74) is 0.0810. The lowest BCUT2D eigenvalue weighted by molar-refractivity contribution is -0.137. The average Bonchev–Trinajstić information content (AvgIpc) is 2.83. The molecule has 0 aliphatic heterocycles. The number of nitrogens with two attached hydrogens (primary N) is 1. The molecule has 0 heterocycles. The first-order valence-electron chi connectivity index (χ1n) is 10.9. The number of sulfone groups is 1. The van der Waals surface area contributed by atoms with E-state index >= 15 is 0 Å². The first kappa shape index (κ1) is 29.8. The highest BCUT2D eigenvalue weighted by Crippen LogP contribution is 2.43. The summed E-state index contributed by atoms with van der Waals surface area (Å²) in [5.74, 6) is -2.34. The van der Waals surface area contributed by atoms with Crippen molar-refractivity contribution >= 4 is 25.8 Å². The number of primary amides is 1. The first-order chi connectivity index (χ1) is 18.0. The van der Waals surface area contributed by atoms with Crippen LogP contribution in [0.25, 0.3) is 0 Å². The summed E-state index contributed by atoms with van der Waals surface area (Å²) in [6.07, 6.45) is -5.19. The fraction of sp³-hybridized carbons (Fsp3) is 0.200. The molecule has 0 bridgehead atoms. The lowest BCUT2D eigenvalue weighted by Gasteiger charge is -2.38. The third-order valence-corrected chi connectivity index (χ3v) is 8.76. The van der Waals surface area contributed by atoms with Crippen LogP contribution in [0.4, 0.5) is 17.6 Å². The molecular weight excluding hydrogens is 562 g/mol. The van der Waals surface area contributed by atoms with E-state index in [4.69, 9.17) is 5.73 Å². The van der Waals surface area contributed by atoms with Gasteiger partial charge in [0.2, 0.25) is 15.9 Å². The van der Waals surface area contributed by atoms with Crippen molar-refractivity contribution in [2.45, 2.75) is 28.3 Å². The van der Waals surface area contributed by atoms with Crippen molar-refractivity contribution in [1.82, 2.24) is 4.72 Å². The second-order valence-corrected chi connectivity index (χ2v) is 12.4. The molecule has 0 saturated carbocycles. The van der Waals surface area contributed by atoms with Crippen LogP contribution in [0.1, 0.15) is 27.5 Å². The minimum Gasteiger partial charge on any atom is -0.368 e. The third kappa shape index (κ3) is 6.44. The van der Waals surface area contributed by atoms with E-state index in [2.05, 4.69) is 0 Å². The van der Waals surface area contributed by atoms with E-state index in [9.17, 15) is 44.5 Å². The van der Waals surface area contributed by atoms with Gasteiger partial charge in [0, 0.05) is 6.42 Å². The van der Waals surface area contributed by atoms with Gasteiger partial charge in [-0.2, -0.15) is 23.2 Å². The van der Waals surface area contributed by atoms with E-state index in [1.165, 1.54) is 30.3 Å². The van der Waals surface area contributed by atoms with Gasteiger partial charge in [0.05, 0.1) is 28.3 Å². The number of halogens is 4. The Bertz CT molecular complexity index is 1640. The van der Waals surface area contributed by atoms with Crippen LogP contribution in [0.3, 0.4) is 0 Å². The van der Waals surface area contributed by atoms with Gasteiger partial charge in [-0.15, -0.1) is 0 Å². The number of nitriles is 1. The van der Waals surface area contributed by atoms with Crippen molar-refractivity contribution in [1.29, 1.82) is 5.26 Å². The van der Waals surface area contributed by atoms with Gasteiger partial charge in [0.25, 0.3) is 0 Å². The van der Waals surface area contributed by atoms with E-state index < -0.39 is 76.6 Å². The van der Waals surface area contributed by atoms with Crippen molar-refractivity contribution in [2.24, 2.45) is 5.73 Å². The maximum atomic E-state index is 14.1. The van der Waals surface area contributed by atoms with Crippen molar-refractivity contribution in [3.8, 4) is 6.07 Å². The summed E-state index contributed by atoms with van der Waals surface area (Å²) in [4.78, 5) is 12.5. The zero-order chi connectivity index (χ0) is 29.2. The first-order valence-corrected chi connectivity index (χ1v) is 14.4. The summed E-state index contributed by atoms with van der Waals surface area (Å²) in [7, 11) is -9.44. The van der Waals surface area contributed by atoms with E-state index in [1.54, 1.807) is 6.07 Å². The molecule has 0 saturated heterocycles. The Kier molecular flexibility index (Phi) is 8.21. The van der Waals surface area contributed by atoms with E-state index in [1.807, 2.05) is 4.72 Å². The highest BCUT2D eigenvalue weighted by Gasteiger charge is 2.54. The molecule has 8 nitrogen and oxygen atoms in total. The molecule has 2 atom stereocenters. The van der Waals surface area contributed by atoms with Gasteiger partial charge in [-0.25, -0.2) is 21.2 Å². The highest BCUT2D eigenvalue weighted by atomic mass is 32.2. The molecule has 3 rings (SSSR count). The molecule has 0 aliphatic carbocycles. The molecular formula is C25H21F4N3O5S2. The second kappa shape index (κ2) is 10.8. The Hall–Kier alpha value is -3.80.